The van der Waals surface area contributed by atoms with Crippen LogP contribution in [0.2, 0.25) is 0 Å². The first kappa shape index (κ1) is 15.4. The van der Waals surface area contributed by atoms with Crippen molar-refractivity contribution in [1.82, 2.24) is 5.32 Å². The second-order valence-corrected chi connectivity index (χ2v) is 4.88. The predicted octanol–water partition coefficient (Wildman–Crippen LogP) is 4.00. The summed E-state index contributed by atoms with van der Waals surface area (Å²) in [5, 5.41) is 3.12. The quantitative estimate of drug-likeness (QED) is 0.868. The second kappa shape index (κ2) is 7.18. The Hall–Kier alpha value is -1.94. The van der Waals surface area contributed by atoms with Gasteiger partial charge in [0.1, 0.15) is 12.4 Å². The molecule has 2 aromatic carbocycles. The van der Waals surface area contributed by atoms with Crippen LogP contribution in [0.15, 0.2) is 42.5 Å². The highest BCUT2D eigenvalue weighted by Gasteiger charge is 2.18. The number of aryl methyl sites for hydroxylation is 1. The summed E-state index contributed by atoms with van der Waals surface area (Å²) in [6, 6.07) is 11.4. The van der Waals surface area contributed by atoms with Crippen LogP contribution in [0.4, 0.5) is 8.78 Å². The molecule has 2 aromatic rings. The average molecular weight is 291 g/mol. The first-order valence-electron chi connectivity index (χ1n) is 6.98. The highest BCUT2D eigenvalue weighted by atomic mass is 19.2. The number of hydrogen-bond acceptors (Lipinski definition) is 2. The Balaban J connectivity index is 2.14. The maximum Gasteiger partial charge on any atom is 0.163 e. The number of benzene rings is 2. The third-order valence-electron chi connectivity index (χ3n) is 3.21. The van der Waals surface area contributed by atoms with Crippen molar-refractivity contribution in [3.8, 4) is 5.75 Å². The first-order valence-corrected chi connectivity index (χ1v) is 6.98. The van der Waals surface area contributed by atoms with Crippen molar-refractivity contribution in [2.24, 2.45) is 0 Å². The normalized spacial score (nSPS) is 12.2. The number of rotatable bonds is 6. The fourth-order valence-corrected chi connectivity index (χ4v) is 2.18. The molecule has 112 valence electrons. The number of ether oxygens (including phenoxy) is 1. The Bertz CT molecular complexity index is 601. The lowest BCUT2D eigenvalue weighted by Crippen LogP contribution is -2.27. The van der Waals surface area contributed by atoms with Gasteiger partial charge in [0, 0.05) is 5.56 Å². The van der Waals surface area contributed by atoms with Gasteiger partial charge in [-0.25, -0.2) is 8.78 Å². The van der Waals surface area contributed by atoms with E-state index in [1.54, 1.807) is 6.07 Å². The second-order valence-electron chi connectivity index (χ2n) is 4.88. The molecule has 1 N–H and O–H groups in total. The van der Waals surface area contributed by atoms with E-state index >= 15 is 0 Å². The smallest absolute Gasteiger partial charge is 0.163 e. The standard InChI is InChI=1S/C17H19F2NO/c1-3-20-16(14-8-5-9-15(18)17(14)19)11-21-13-7-4-6-12(2)10-13/h4-10,16,20H,3,11H2,1-2H3. The van der Waals surface area contributed by atoms with Crippen LogP contribution in [0, 0.1) is 18.6 Å². The molecule has 4 heteroatoms. The predicted molar refractivity (Wildman–Crippen MR) is 79.4 cm³/mol. The third kappa shape index (κ3) is 4.02. The fraction of sp³-hybridized carbons (Fsp3) is 0.294. The topological polar surface area (TPSA) is 21.3 Å². The van der Waals surface area contributed by atoms with Crippen LogP contribution in [0.5, 0.6) is 5.75 Å². The van der Waals surface area contributed by atoms with Crippen molar-refractivity contribution in [3.05, 3.63) is 65.2 Å². The molecule has 1 atom stereocenters. The zero-order valence-electron chi connectivity index (χ0n) is 12.2. The molecule has 21 heavy (non-hydrogen) atoms. The maximum absolute atomic E-state index is 13.9. The van der Waals surface area contributed by atoms with E-state index in [0.29, 0.717) is 6.54 Å². The van der Waals surface area contributed by atoms with E-state index in [-0.39, 0.29) is 12.2 Å². The summed E-state index contributed by atoms with van der Waals surface area (Å²) in [6.45, 7) is 4.76. The van der Waals surface area contributed by atoms with Crippen molar-refractivity contribution in [1.29, 1.82) is 0 Å². The molecule has 0 spiro atoms. The van der Waals surface area contributed by atoms with Gasteiger partial charge in [-0.3, -0.25) is 0 Å². The van der Waals surface area contributed by atoms with Gasteiger partial charge >= 0.3 is 0 Å². The largest absolute Gasteiger partial charge is 0.492 e. The molecule has 0 aromatic heterocycles. The Morgan fingerprint density at radius 1 is 1.14 bits per heavy atom. The molecule has 2 nitrogen and oxygen atoms in total. The molecular weight excluding hydrogens is 272 g/mol. The molecular formula is C17H19F2NO. The minimum absolute atomic E-state index is 0.234. The fourth-order valence-electron chi connectivity index (χ4n) is 2.18. The van der Waals surface area contributed by atoms with Crippen LogP contribution < -0.4 is 10.1 Å². The Morgan fingerprint density at radius 3 is 2.62 bits per heavy atom. The molecule has 1 unspecified atom stereocenters. The lowest BCUT2D eigenvalue weighted by atomic mass is 10.1. The van der Waals surface area contributed by atoms with Crippen LogP contribution in [-0.4, -0.2) is 13.2 Å². The summed E-state index contributed by atoms with van der Waals surface area (Å²) >= 11 is 0. The van der Waals surface area contributed by atoms with Gasteiger partial charge in [-0.2, -0.15) is 0 Å². The van der Waals surface area contributed by atoms with Crippen molar-refractivity contribution in [3.63, 3.8) is 0 Å². The van der Waals surface area contributed by atoms with Gasteiger partial charge in [0.05, 0.1) is 6.04 Å². The van der Waals surface area contributed by atoms with Gasteiger partial charge in [0.15, 0.2) is 11.6 Å². The summed E-state index contributed by atoms with van der Waals surface area (Å²) in [7, 11) is 0. The molecule has 0 aliphatic rings. The van der Waals surface area contributed by atoms with Crippen LogP contribution in [0.25, 0.3) is 0 Å². The van der Waals surface area contributed by atoms with E-state index < -0.39 is 17.7 Å². The van der Waals surface area contributed by atoms with E-state index in [1.165, 1.54) is 6.07 Å². The molecule has 0 saturated carbocycles. The Labute approximate surface area is 123 Å². The van der Waals surface area contributed by atoms with E-state index in [9.17, 15) is 8.78 Å². The maximum atomic E-state index is 13.9. The van der Waals surface area contributed by atoms with Crippen molar-refractivity contribution < 1.29 is 13.5 Å². The van der Waals surface area contributed by atoms with Gasteiger partial charge in [0.25, 0.3) is 0 Å². The Morgan fingerprint density at radius 2 is 1.90 bits per heavy atom. The monoisotopic (exact) mass is 291 g/mol. The molecule has 0 saturated heterocycles. The summed E-state index contributed by atoms with van der Waals surface area (Å²) in [4.78, 5) is 0. The van der Waals surface area contributed by atoms with Crippen LogP contribution in [-0.2, 0) is 0 Å². The molecule has 0 amide bonds. The van der Waals surface area contributed by atoms with Gasteiger partial charge in [-0.1, -0.05) is 31.2 Å². The summed E-state index contributed by atoms with van der Waals surface area (Å²) in [5.74, 6) is -0.947. The van der Waals surface area contributed by atoms with Crippen LogP contribution in [0.1, 0.15) is 24.1 Å². The third-order valence-corrected chi connectivity index (χ3v) is 3.21. The van der Waals surface area contributed by atoms with E-state index in [1.807, 2.05) is 38.1 Å². The molecule has 2 rings (SSSR count). The van der Waals surface area contributed by atoms with E-state index in [4.69, 9.17) is 4.74 Å². The SMILES string of the molecule is CCNC(COc1cccc(C)c1)c1cccc(F)c1F. The van der Waals surface area contributed by atoms with Crippen molar-refractivity contribution in [2.75, 3.05) is 13.2 Å². The summed E-state index contributed by atoms with van der Waals surface area (Å²) < 4.78 is 32.9. The van der Waals surface area contributed by atoms with Gasteiger partial charge in [0.2, 0.25) is 0 Å². The van der Waals surface area contributed by atoms with Crippen LogP contribution in [0.3, 0.4) is 0 Å². The first-order chi connectivity index (χ1) is 10.1. The van der Waals surface area contributed by atoms with Gasteiger partial charge in [-0.15, -0.1) is 0 Å². The number of nitrogens with one attached hydrogen (secondary N) is 1. The average Bonchev–Trinajstić information content (AvgIpc) is 2.47. The van der Waals surface area contributed by atoms with E-state index in [2.05, 4.69) is 5.32 Å². The van der Waals surface area contributed by atoms with Crippen molar-refractivity contribution >= 4 is 0 Å². The summed E-state index contributed by atoms with van der Waals surface area (Å²) in [5.41, 5.74) is 1.37. The molecule has 0 aliphatic carbocycles. The molecule has 0 bridgehead atoms. The van der Waals surface area contributed by atoms with E-state index in [0.717, 1.165) is 17.4 Å². The number of hydrogen-bond donors (Lipinski definition) is 1. The molecule has 0 aliphatic heterocycles. The minimum atomic E-state index is -0.842. The lowest BCUT2D eigenvalue weighted by molar-refractivity contribution is 0.263. The molecule has 0 radical (unpaired) electrons. The molecule has 0 heterocycles. The number of likely N-dealkylation sites (N-methyl/N-ethyl adjacent to an activating group) is 1. The number of halogens is 2. The highest BCUT2D eigenvalue weighted by molar-refractivity contribution is 5.28. The minimum Gasteiger partial charge on any atom is -0.492 e. The molecule has 0 fully saturated rings. The van der Waals surface area contributed by atoms with Crippen molar-refractivity contribution in [2.45, 2.75) is 19.9 Å². The lowest BCUT2D eigenvalue weighted by Gasteiger charge is -2.20. The Kier molecular flexibility index (Phi) is 5.28. The zero-order valence-corrected chi connectivity index (χ0v) is 12.2. The van der Waals surface area contributed by atoms with Gasteiger partial charge < -0.3 is 10.1 Å². The summed E-state index contributed by atoms with van der Waals surface area (Å²) in [6.07, 6.45) is 0. The zero-order chi connectivity index (χ0) is 15.2. The van der Waals surface area contributed by atoms with Crippen LogP contribution >= 0.6 is 0 Å². The highest BCUT2D eigenvalue weighted by Crippen LogP contribution is 2.21. The van der Waals surface area contributed by atoms with Gasteiger partial charge in [-0.05, 0) is 37.2 Å².